The van der Waals surface area contributed by atoms with E-state index in [0.717, 1.165) is 40.6 Å². The fourth-order valence-corrected chi connectivity index (χ4v) is 7.76. The molecule has 1 aromatic rings. The number of benzene rings is 1. The number of nitrogens with one attached hydrogen (secondary N) is 1. The van der Waals surface area contributed by atoms with Gasteiger partial charge in [-0.3, -0.25) is 4.79 Å². The van der Waals surface area contributed by atoms with E-state index in [1.807, 2.05) is 6.07 Å². The molecule has 0 unspecified atom stereocenters. The number of nitrogens with two attached hydrogens (primary N) is 1. The van der Waals surface area contributed by atoms with Gasteiger partial charge in [0.2, 0.25) is 0 Å². The van der Waals surface area contributed by atoms with Crippen molar-refractivity contribution >= 4 is 21.8 Å². The molecule has 0 saturated heterocycles. The Labute approximate surface area is 176 Å². The van der Waals surface area contributed by atoms with E-state index in [2.05, 4.69) is 48.9 Å². The molecule has 0 aromatic heterocycles. The summed E-state index contributed by atoms with van der Waals surface area (Å²) in [5.41, 5.74) is 9.59. The highest BCUT2D eigenvalue weighted by molar-refractivity contribution is 9.10. The second-order valence-corrected chi connectivity index (χ2v) is 11.5. The average Bonchev–Trinajstić information content (AvgIpc) is 2.95. The summed E-state index contributed by atoms with van der Waals surface area (Å²) in [5.74, 6) is 2.00. The number of fused-ring (bicyclic) bond motifs is 3. The second-order valence-electron chi connectivity index (χ2n) is 10.6. The molecule has 4 nitrogen and oxygen atoms in total. The number of carbonyl (C=O) groups is 1. The normalized spacial score (nSPS) is 40.5. The van der Waals surface area contributed by atoms with Gasteiger partial charge in [-0.25, -0.2) is 0 Å². The average molecular weight is 447 g/mol. The summed E-state index contributed by atoms with van der Waals surface area (Å²) in [5, 5.41) is 2.98. The van der Waals surface area contributed by atoms with Gasteiger partial charge in [0.25, 0.3) is 5.91 Å². The maximum atomic E-state index is 12.3. The van der Waals surface area contributed by atoms with Gasteiger partial charge in [-0.2, -0.15) is 0 Å². The third-order valence-corrected chi connectivity index (χ3v) is 9.44. The lowest BCUT2D eigenvalue weighted by Crippen LogP contribution is -2.71. The lowest BCUT2D eigenvalue weighted by Gasteiger charge is -2.67. The zero-order valence-electron chi connectivity index (χ0n) is 17.3. The Kier molecular flexibility index (Phi) is 3.89. The molecule has 0 radical (unpaired) electrons. The van der Waals surface area contributed by atoms with E-state index >= 15 is 0 Å². The molecule has 2 heterocycles. The van der Waals surface area contributed by atoms with Crippen LogP contribution in [0.1, 0.15) is 74.9 Å². The third kappa shape index (κ3) is 2.23. The number of amides is 1. The van der Waals surface area contributed by atoms with Gasteiger partial charge >= 0.3 is 0 Å². The molecule has 5 heteroatoms. The van der Waals surface area contributed by atoms with Crippen LogP contribution < -0.4 is 15.8 Å². The SMILES string of the molecule is C[C@H]1CC[C@H]2C(C)(C)C[C@@H](N)C[C@]23Oc2c(c(Br)cc4c2CNC4=O)C[C@]13C. The summed E-state index contributed by atoms with van der Waals surface area (Å²) < 4.78 is 8.18. The summed E-state index contributed by atoms with van der Waals surface area (Å²) >= 11 is 3.76. The second kappa shape index (κ2) is 5.75. The maximum absolute atomic E-state index is 12.3. The van der Waals surface area contributed by atoms with Crippen LogP contribution in [0.5, 0.6) is 5.75 Å². The van der Waals surface area contributed by atoms with Gasteiger partial charge in [0.1, 0.15) is 11.4 Å². The lowest BCUT2D eigenvalue weighted by molar-refractivity contribution is -0.214. The van der Waals surface area contributed by atoms with Crippen molar-refractivity contribution in [3.05, 3.63) is 27.2 Å². The largest absolute Gasteiger partial charge is 0.486 e. The first-order valence-corrected chi connectivity index (χ1v) is 11.5. The summed E-state index contributed by atoms with van der Waals surface area (Å²) in [7, 11) is 0. The van der Waals surface area contributed by atoms with Gasteiger partial charge in [0, 0.05) is 51.5 Å². The molecule has 1 aromatic carbocycles. The van der Waals surface area contributed by atoms with Crippen molar-refractivity contribution in [2.45, 2.75) is 78.0 Å². The summed E-state index contributed by atoms with van der Waals surface area (Å²) in [6.07, 6.45) is 5.37. The molecule has 0 bridgehead atoms. The van der Waals surface area contributed by atoms with Gasteiger partial charge < -0.3 is 15.8 Å². The summed E-state index contributed by atoms with van der Waals surface area (Å²) in [6, 6.07) is 2.14. The minimum Gasteiger partial charge on any atom is -0.486 e. The molecule has 5 rings (SSSR count). The van der Waals surface area contributed by atoms with Crippen LogP contribution in [0.15, 0.2) is 10.5 Å². The topological polar surface area (TPSA) is 64.3 Å². The standard InChI is InChI=1S/C23H31BrN2O2/c1-12-5-6-18-21(2,3)8-13(25)9-23(18)22(12,4)10-15-17(24)7-14-16(19(15)28-23)11-26-20(14)27/h7,12-13,18H,5-6,8-11,25H2,1-4H3,(H,26,27)/t12-,13+,18-,22+,23-/m0/s1. The van der Waals surface area contributed by atoms with Gasteiger partial charge in [0.15, 0.2) is 0 Å². The van der Waals surface area contributed by atoms with E-state index in [1.165, 1.54) is 18.4 Å². The highest BCUT2D eigenvalue weighted by Crippen LogP contribution is 2.66. The molecule has 3 N–H and O–H groups in total. The maximum Gasteiger partial charge on any atom is 0.252 e. The van der Waals surface area contributed by atoms with E-state index in [9.17, 15) is 4.79 Å². The Morgan fingerprint density at radius 1 is 1.21 bits per heavy atom. The number of rotatable bonds is 0. The number of hydrogen-bond acceptors (Lipinski definition) is 3. The molecule has 5 atom stereocenters. The summed E-state index contributed by atoms with van der Waals surface area (Å²) in [4.78, 5) is 12.3. The Hall–Kier alpha value is -1.07. The molecule has 2 aliphatic heterocycles. The van der Waals surface area contributed by atoms with Crippen LogP contribution in [0.25, 0.3) is 0 Å². The van der Waals surface area contributed by atoms with E-state index in [4.69, 9.17) is 10.5 Å². The molecule has 2 saturated carbocycles. The van der Waals surface area contributed by atoms with Crippen LogP contribution in [0.2, 0.25) is 0 Å². The van der Waals surface area contributed by atoms with Gasteiger partial charge in [-0.05, 0) is 43.1 Å². The first kappa shape index (κ1) is 18.9. The van der Waals surface area contributed by atoms with Crippen LogP contribution in [0, 0.1) is 22.7 Å². The lowest BCUT2D eigenvalue weighted by atomic mass is 9.43. The van der Waals surface area contributed by atoms with Gasteiger partial charge in [-0.15, -0.1) is 0 Å². The molecule has 28 heavy (non-hydrogen) atoms. The molecule has 1 spiro atoms. The first-order valence-electron chi connectivity index (χ1n) is 10.7. The van der Waals surface area contributed by atoms with Crippen LogP contribution in [0.4, 0.5) is 0 Å². The van der Waals surface area contributed by atoms with E-state index < -0.39 is 0 Å². The zero-order chi connectivity index (χ0) is 20.1. The number of ether oxygens (including phenoxy) is 1. The van der Waals surface area contributed by atoms with Gasteiger partial charge in [0.05, 0.1) is 0 Å². The van der Waals surface area contributed by atoms with Crippen molar-refractivity contribution in [3.63, 3.8) is 0 Å². The monoisotopic (exact) mass is 446 g/mol. The highest BCUT2D eigenvalue weighted by Gasteiger charge is 2.67. The van der Waals surface area contributed by atoms with Gasteiger partial charge in [-0.1, -0.05) is 43.6 Å². The Balaban J connectivity index is 1.75. The zero-order valence-corrected chi connectivity index (χ0v) is 18.9. The van der Waals surface area contributed by atoms with Crippen LogP contribution >= 0.6 is 15.9 Å². The Morgan fingerprint density at radius 2 is 1.96 bits per heavy atom. The fourth-order valence-electron chi connectivity index (χ4n) is 7.21. The van der Waals surface area contributed by atoms with Crippen molar-refractivity contribution in [2.75, 3.05) is 0 Å². The highest BCUT2D eigenvalue weighted by atomic mass is 79.9. The molecule has 2 fully saturated rings. The predicted molar refractivity (Wildman–Crippen MR) is 113 cm³/mol. The quantitative estimate of drug-likeness (QED) is 0.613. The summed E-state index contributed by atoms with van der Waals surface area (Å²) in [6.45, 7) is 10.1. The number of carbonyl (C=O) groups excluding carboxylic acids is 1. The third-order valence-electron chi connectivity index (χ3n) is 8.73. The molecule has 152 valence electrons. The fraction of sp³-hybridized carbons (Fsp3) is 0.696. The van der Waals surface area contributed by atoms with E-state index in [1.54, 1.807) is 0 Å². The molecular weight excluding hydrogens is 416 g/mol. The van der Waals surface area contributed by atoms with Crippen molar-refractivity contribution in [2.24, 2.45) is 28.4 Å². The Morgan fingerprint density at radius 3 is 2.71 bits per heavy atom. The smallest absolute Gasteiger partial charge is 0.252 e. The molecule has 2 aliphatic carbocycles. The predicted octanol–water partition coefficient (Wildman–Crippen LogP) is 4.57. The van der Waals surface area contributed by atoms with Crippen molar-refractivity contribution in [1.82, 2.24) is 5.32 Å². The molecular formula is C23H31BrN2O2. The minimum atomic E-state index is -0.265. The molecule has 1 amide bonds. The van der Waals surface area contributed by atoms with E-state index in [-0.39, 0.29) is 28.4 Å². The van der Waals surface area contributed by atoms with E-state index in [0.29, 0.717) is 18.4 Å². The van der Waals surface area contributed by atoms with Crippen molar-refractivity contribution in [3.8, 4) is 5.75 Å². The Bertz CT molecular complexity index is 882. The van der Waals surface area contributed by atoms with Crippen LogP contribution in [-0.4, -0.2) is 17.6 Å². The van der Waals surface area contributed by atoms with Crippen molar-refractivity contribution in [1.29, 1.82) is 0 Å². The number of halogens is 1. The number of hydrogen-bond donors (Lipinski definition) is 2. The van der Waals surface area contributed by atoms with Crippen LogP contribution in [-0.2, 0) is 13.0 Å². The minimum absolute atomic E-state index is 0.00201. The van der Waals surface area contributed by atoms with Crippen molar-refractivity contribution < 1.29 is 9.53 Å². The molecule has 4 aliphatic rings. The van der Waals surface area contributed by atoms with Crippen LogP contribution in [0.3, 0.4) is 0 Å². The first-order chi connectivity index (χ1) is 13.1.